The van der Waals surface area contributed by atoms with Gasteiger partial charge in [0.1, 0.15) is 22.3 Å². The Morgan fingerprint density at radius 1 is 0.136 bits per heavy atom. The fourth-order valence-corrected chi connectivity index (χ4v) is 31.1. The Morgan fingerprint density at radius 3 is 0.735 bits per heavy atom. The minimum Gasteiger partial charge on any atom is -0.456 e. The molecule has 0 aliphatic heterocycles. The fourth-order valence-electron chi connectivity index (χ4n) is 22.7. The predicted molar refractivity (Wildman–Crippen MR) is 639 cm³/mol. The second-order valence-corrected chi connectivity index (χ2v) is 45.5. The Morgan fingerprint density at radius 2 is 0.374 bits per heavy atom. The summed E-state index contributed by atoms with van der Waals surface area (Å²) in [7, 11) is 0. The molecular weight excluding hydrogens is 1920 g/mol. The second kappa shape index (κ2) is 33.8. The Hall–Kier alpha value is -17.0. The summed E-state index contributed by atoms with van der Waals surface area (Å²) in [5.74, 6) is 0. The number of hydrogen-bond acceptors (Lipinski definition) is 12. The maximum atomic E-state index is 6.20. The first-order valence-corrected chi connectivity index (χ1v) is 55.0. The van der Waals surface area contributed by atoms with E-state index >= 15 is 0 Å². The van der Waals surface area contributed by atoms with E-state index in [9.17, 15) is 0 Å². The number of rotatable bonds is 9. The number of benzene rings is 21. The average molecular weight is 2000 g/mol. The molecule has 0 saturated carbocycles. The third-order valence-electron chi connectivity index (χ3n) is 29.5. The summed E-state index contributed by atoms with van der Waals surface area (Å²) in [5, 5.41) is 26.3. The molecular formula is C135H75N3O2S7. The number of thiophene rings is 7. The first kappa shape index (κ1) is 84.5. The largest absolute Gasteiger partial charge is 0.456 e. The van der Waals surface area contributed by atoms with Crippen molar-refractivity contribution in [3.05, 3.63) is 455 Å². The molecule has 147 heavy (non-hydrogen) atoms. The van der Waals surface area contributed by atoms with Gasteiger partial charge in [-0.1, -0.05) is 279 Å². The Kier molecular flexibility index (Phi) is 19.4. The van der Waals surface area contributed by atoms with Crippen LogP contribution in [0.15, 0.2) is 464 Å². The van der Waals surface area contributed by atoms with Crippen molar-refractivity contribution in [1.82, 2.24) is 15.0 Å². The third kappa shape index (κ3) is 13.9. The lowest BCUT2D eigenvalue weighted by atomic mass is 9.93. The van der Waals surface area contributed by atoms with E-state index in [1.54, 1.807) is 0 Å². The molecule has 0 unspecified atom stereocenters. The lowest BCUT2D eigenvalue weighted by Crippen LogP contribution is -1.90. The summed E-state index contributed by atoms with van der Waals surface area (Å²) >= 11 is 13.0. The highest BCUT2D eigenvalue weighted by Gasteiger charge is 2.27. The van der Waals surface area contributed by atoms with Crippen molar-refractivity contribution in [3.8, 4) is 101 Å². The Bertz CT molecular complexity index is 10600. The lowest BCUT2D eigenvalue weighted by Gasteiger charge is -2.14. The average Bonchev–Trinajstić information content (AvgIpc) is 1.61. The predicted octanol–water partition coefficient (Wildman–Crippen LogP) is 42.1. The van der Waals surface area contributed by atoms with Crippen molar-refractivity contribution >= 4 is 297 Å². The summed E-state index contributed by atoms with van der Waals surface area (Å²) in [5.41, 5.74) is 27.4. The molecule has 12 heterocycles. The van der Waals surface area contributed by atoms with Gasteiger partial charge in [-0.15, -0.1) is 79.4 Å². The van der Waals surface area contributed by atoms with Crippen LogP contribution in [0.2, 0.25) is 0 Å². The smallest absolute Gasteiger partial charge is 0.135 e. The molecule has 5 nitrogen and oxygen atoms in total. The van der Waals surface area contributed by atoms with Gasteiger partial charge >= 0.3 is 0 Å². The number of furan rings is 2. The minimum absolute atomic E-state index is 0.891. The maximum absolute atomic E-state index is 6.20. The second-order valence-electron chi connectivity index (χ2n) is 38.0. The van der Waals surface area contributed by atoms with Gasteiger partial charge in [-0.2, -0.15) is 0 Å². The molecule has 0 saturated heterocycles. The van der Waals surface area contributed by atoms with Crippen molar-refractivity contribution in [2.24, 2.45) is 0 Å². The van der Waals surface area contributed by atoms with Gasteiger partial charge in [-0.3, -0.25) is 0 Å². The van der Waals surface area contributed by atoms with Crippen LogP contribution in [0.5, 0.6) is 0 Å². The molecule has 0 spiro atoms. The Balaban J connectivity index is 0.0000000999. The molecule has 0 aliphatic carbocycles. The normalized spacial score (nSPS) is 12.1. The van der Waals surface area contributed by atoms with E-state index in [0.29, 0.717) is 0 Å². The van der Waals surface area contributed by atoms with Gasteiger partial charge in [-0.25, -0.2) is 15.0 Å². The number of pyridine rings is 3. The van der Waals surface area contributed by atoms with Crippen molar-refractivity contribution in [1.29, 1.82) is 0 Å². The van der Waals surface area contributed by atoms with E-state index in [1.165, 1.54) is 202 Å². The van der Waals surface area contributed by atoms with E-state index < -0.39 is 0 Å². The molecule has 0 bridgehead atoms. The summed E-state index contributed by atoms with van der Waals surface area (Å²) in [4.78, 5) is 16.2. The topological polar surface area (TPSA) is 65.0 Å². The van der Waals surface area contributed by atoms with Crippen molar-refractivity contribution in [3.63, 3.8) is 0 Å². The van der Waals surface area contributed by atoms with E-state index in [-0.39, 0.29) is 0 Å². The Labute approximate surface area is 868 Å². The molecule has 0 radical (unpaired) electrons. The van der Waals surface area contributed by atoms with Crippen LogP contribution < -0.4 is 0 Å². The van der Waals surface area contributed by atoms with E-state index in [1.807, 2.05) is 104 Å². The summed E-state index contributed by atoms with van der Waals surface area (Å²) < 4.78 is 30.5. The molecule has 21 aromatic carbocycles. The van der Waals surface area contributed by atoms with E-state index in [0.717, 1.165) is 116 Å². The van der Waals surface area contributed by atoms with Crippen LogP contribution in [0.1, 0.15) is 0 Å². The number of para-hydroxylation sites is 5. The van der Waals surface area contributed by atoms with Gasteiger partial charge < -0.3 is 8.83 Å². The van der Waals surface area contributed by atoms with Crippen molar-refractivity contribution < 1.29 is 8.83 Å². The van der Waals surface area contributed by atoms with Crippen LogP contribution in [0.3, 0.4) is 0 Å². The van der Waals surface area contributed by atoms with Crippen LogP contribution in [0.4, 0.5) is 0 Å². The zero-order valence-corrected chi connectivity index (χ0v) is 84.0. The van der Waals surface area contributed by atoms with Gasteiger partial charge in [0.2, 0.25) is 0 Å². The third-order valence-corrected chi connectivity index (χ3v) is 37.8. The molecule has 0 atom stereocenters. The molecule has 0 aliphatic rings. The number of aromatic nitrogens is 3. The molecule has 0 amide bonds. The number of nitrogens with zero attached hydrogens (tertiary/aromatic N) is 3. The van der Waals surface area contributed by atoms with E-state index in [2.05, 4.69) is 431 Å². The first-order chi connectivity index (χ1) is 72.8. The number of hydrogen-bond donors (Lipinski definition) is 0. The molecule has 684 valence electrons. The number of fused-ring (bicyclic) bond motifs is 33. The monoisotopic (exact) mass is 1990 g/mol. The minimum atomic E-state index is 0.891. The quantitative estimate of drug-likeness (QED) is 0.144. The maximum Gasteiger partial charge on any atom is 0.135 e. The van der Waals surface area contributed by atoms with Crippen LogP contribution in [0, 0.1) is 0 Å². The molecule has 0 fully saturated rings. The summed E-state index contributed by atoms with van der Waals surface area (Å²) in [6.45, 7) is 0. The first-order valence-electron chi connectivity index (χ1n) is 49.3. The standard InChI is InChI=1S/C45H25NO2S.2C45H25NS3/c1-5-13-37-33(11-1)43-34-12-4-8-16-42(34)49-45(43)44(46-37)30-22-28(26-17-19-40-35(24-26)31-9-2-6-14-38(31)47-40)21-29(23-30)27-18-20-41-36(25-27)32-10-3-7-15-39(32)48-41;1-5-19-37-35(13-1)41-36-14-4-8-22-40(36)49-45(41)42(46-37)28-24-26(29-15-9-17-33-31-11-2-6-20-38(31)47-43(29)33)23-27(25-28)30-16-10-18-34-32-12-3-7-21-39(32)48-44(30)34;1-5-13-37-33(11-1)43-34-12-4-8-16-40(34)49-45(43)44(46-37)30-22-28(26-17-19-41-35(24-26)31-9-2-6-14-38(31)47-41)21-29(23-30)27-18-20-42-36(25-27)32-10-3-7-15-39(32)48-42/h3*1-25H. The van der Waals surface area contributed by atoms with Crippen LogP contribution in [0.25, 0.3) is 318 Å². The molecule has 12 aromatic heterocycles. The highest BCUT2D eigenvalue weighted by Crippen LogP contribution is 2.53. The molecule has 0 N–H and O–H groups in total. The van der Waals surface area contributed by atoms with Crippen molar-refractivity contribution in [2.45, 2.75) is 0 Å². The SMILES string of the molecule is c1ccc2c(c1)nc(-c1cc(-c3ccc4oc5ccccc5c4c3)cc(-c3ccc4oc5ccccc5c4c3)c1)c1sc3ccccc3c12.c1ccc2c(c1)nc(-c1cc(-c3ccc4sc5ccccc5c4c3)cc(-c3ccc4sc5ccccc5c4c3)c1)c1sc3ccccc3c12.c1ccc2c(c1)nc(-c1cc(-c3cccc4c3sc3ccccc34)cc(-c3cccc4c3sc3ccccc34)c1)c1sc3ccccc3c12. The molecule has 33 rings (SSSR count). The van der Waals surface area contributed by atoms with Crippen LogP contribution in [-0.4, -0.2) is 15.0 Å². The summed E-state index contributed by atoms with van der Waals surface area (Å²) in [6, 6.07) is 165. The van der Waals surface area contributed by atoms with Gasteiger partial charge in [0.05, 0.1) is 47.7 Å². The van der Waals surface area contributed by atoms with Gasteiger partial charge in [-0.05, 0) is 243 Å². The van der Waals surface area contributed by atoms with Crippen molar-refractivity contribution in [2.75, 3.05) is 0 Å². The fraction of sp³-hybridized carbons (Fsp3) is 0. The van der Waals surface area contributed by atoms with Gasteiger partial charge in [0.25, 0.3) is 0 Å². The van der Waals surface area contributed by atoms with Gasteiger partial charge in [0.15, 0.2) is 0 Å². The highest BCUT2D eigenvalue weighted by molar-refractivity contribution is 7.29. The zero-order chi connectivity index (χ0) is 96.2. The highest BCUT2D eigenvalue weighted by atomic mass is 32.1. The summed E-state index contributed by atoms with van der Waals surface area (Å²) in [6.07, 6.45) is 0. The molecule has 12 heteroatoms. The van der Waals surface area contributed by atoms with Crippen LogP contribution >= 0.6 is 79.4 Å². The van der Waals surface area contributed by atoms with Gasteiger partial charge in [0, 0.05) is 182 Å². The van der Waals surface area contributed by atoms with E-state index in [4.69, 9.17) is 23.8 Å². The van der Waals surface area contributed by atoms with Crippen LogP contribution in [-0.2, 0) is 0 Å². The zero-order valence-electron chi connectivity index (χ0n) is 78.3. The lowest BCUT2D eigenvalue weighted by molar-refractivity contribution is 0.668. The molecule has 33 aromatic rings.